The summed E-state index contributed by atoms with van der Waals surface area (Å²) in [6.07, 6.45) is 0.327. The Bertz CT molecular complexity index is 194. The fourth-order valence-corrected chi connectivity index (χ4v) is 2.34. The molecule has 0 amide bonds. The first kappa shape index (κ1) is 13.2. The van der Waals surface area contributed by atoms with Crippen molar-refractivity contribution in [2.45, 2.75) is 26.3 Å². The molecule has 2 atom stereocenters. The van der Waals surface area contributed by atoms with Gasteiger partial charge in [0.25, 0.3) is 0 Å². The van der Waals surface area contributed by atoms with Crippen LogP contribution in [0.4, 0.5) is 0 Å². The zero-order chi connectivity index (χ0) is 12.1. The van der Waals surface area contributed by atoms with Gasteiger partial charge in [-0.3, -0.25) is 9.80 Å². The van der Waals surface area contributed by atoms with E-state index >= 15 is 0 Å². The highest BCUT2D eigenvalue weighted by molar-refractivity contribution is 4.67. The van der Waals surface area contributed by atoms with Gasteiger partial charge in [0.1, 0.15) is 12.5 Å². The molecule has 0 radical (unpaired) electrons. The average Bonchev–Trinajstić information content (AvgIpc) is 2.40. The Kier molecular flexibility index (Phi) is 5.18. The van der Waals surface area contributed by atoms with E-state index in [-0.39, 0.29) is 12.5 Å². The van der Waals surface area contributed by atoms with Crippen LogP contribution in [-0.4, -0.2) is 74.9 Å². The molecule has 0 aromatic carbocycles. The predicted octanol–water partition coefficient (Wildman–Crippen LogP) is 0.359. The number of rotatable bonds is 4. The number of nitrogens with zero attached hydrogens (tertiary/aromatic N) is 2. The Morgan fingerprint density at radius 2 is 1.12 bits per heavy atom. The summed E-state index contributed by atoms with van der Waals surface area (Å²) in [5.41, 5.74) is 0. The van der Waals surface area contributed by atoms with E-state index in [0.717, 1.165) is 52.6 Å². The molecule has 2 unspecified atom stereocenters. The average molecular weight is 244 g/mol. The quantitative estimate of drug-likeness (QED) is 0.713. The van der Waals surface area contributed by atoms with Crippen molar-refractivity contribution in [1.29, 1.82) is 0 Å². The minimum atomic E-state index is 0.164. The van der Waals surface area contributed by atoms with Gasteiger partial charge in [0.15, 0.2) is 0 Å². The van der Waals surface area contributed by atoms with Crippen LogP contribution < -0.4 is 0 Å². The third-order valence-electron chi connectivity index (χ3n) is 3.51. The van der Waals surface area contributed by atoms with E-state index in [1.54, 1.807) is 0 Å². The molecule has 2 aliphatic heterocycles. The molecule has 0 aromatic rings. The zero-order valence-corrected chi connectivity index (χ0v) is 10.9. The van der Waals surface area contributed by atoms with E-state index in [1.165, 1.54) is 0 Å². The Labute approximate surface area is 104 Å². The van der Waals surface area contributed by atoms with E-state index in [2.05, 4.69) is 23.6 Å². The van der Waals surface area contributed by atoms with E-state index in [0.29, 0.717) is 0 Å². The first-order chi connectivity index (χ1) is 8.27. The lowest BCUT2D eigenvalue weighted by Gasteiger charge is -2.38. The second kappa shape index (κ2) is 6.66. The lowest BCUT2D eigenvalue weighted by Crippen LogP contribution is -2.49. The fourth-order valence-electron chi connectivity index (χ4n) is 2.34. The standard InChI is InChI=1S/C12H24N2O3/c1-11(13-3-7-15-8-4-13)17-12(2)14-5-9-16-10-6-14/h11-12H,3-10H2,1-2H3. The maximum atomic E-state index is 6.07. The van der Waals surface area contributed by atoms with E-state index in [9.17, 15) is 0 Å². The molecule has 5 nitrogen and oxygen atoms in total. The number of morpholine rings is 2. The van der Waals surface area contributed by atoms with Gasteiger partial charge in [0.2, 0.25) is 0 Å². The minimum Gasteiger partial charge on any atom is -0.379 e. The summed E-state index contributed by atoms with van der Waals surface area (Å²) in [4.78, 5) is 4.67. The zero-order valence-electron chi connectivity index (χ0n) is 10.9. The lowest BCUT2D eigenvalue weighted by molar-refractivity contribution is -0.165. The van der Waals surface area contributed by atoms with Gasteiger partial charge in [0, 0.05) is 26.2 Å². The molecular weight excluding hydrogens is 220 g/mol. The molecular formula is C12H24N2O3. The van der Waals surface area contributed by atoms with Crippen LogP contribution in [0, 0.1) is 0 Å². The smallest absolute Gasteiger partial charge is 0.110 e. The molecule has 2 aliphatic rings. The highest BCUT2D eigenvalue weighted by Crippen LogP contribution is 2.11. The Morgan fingerprint density at radius 1 is 0.765 bits per heavy atom. The molecule has 2 heterocycles. The molecule has 0 spiro atoms. The van der Waals surface area contributed by atoms with Crippen LogP contribution in [0.2, 0.25) is 0 Å². The van der Waals surface area contributed by atoms with Crippen molar-refractivity contribution in [2.24, 2.45) is 0 Å². The molecule has 100 valence electrons. The summed E-state index contributed by atoms with van der Waals surface area (Å²) in [6, 6.07) is 0. The van der Waals surface area contributed by atoms with Crippen LogP contribution in [-0.2, 0) is 14.2 Å². The Morgan fingerprint density at radius 3 is 1.47 bits per heavy atom. The first-order valence-corrected chi connectivity index (χ1v) is 6.56. The number of hydrogen-bond acceptors (Lipinski definition) is 5. The number of ether oxygens (including phenoxy) is 3. The molecule has 0 bridgehead atoms. The number of hydrogen-bond donors (Lipinski definition) is 0. The summed E-state index contributed by atoms with van der Waals surface area (Å²) >= 11 is 0. The summed E-state index contributed by atoms with van der Waals surface area (Å²) < 4.78 is 16.8. The van der Waals surface area contributed by atoms with Crippen LogP contribution in [0.1, 0.15) is 13.8 Å². The van der Waals surface area contributed by atoms with E-state index in [4.69, 9.17) is 14.2 Å². The van der Waals surface area contributed by atoms with E-state index in [1.807, 2.05) is 0 Å². The van der Waals surface area contributed by atoms with Gasteiger partial charge >= 0.3 is 0 Å². The van der Waals surface area contributed by atoms with Gasteiger partial charge in [0.05, 0.1) is 26.4 Å². The molecule has 0 saturated carbocycles. The van der Waals surface area contributed by atoms with Crippen molar-refractivity contribution < 1.29 is 14.2 Å². The maximum absolute atomic E-state index is 6.07. The molecule has 0 N–H and O–H groups in total. The van der Waals surface area contributed by atoms with E-state index < -0.39 is 0 Å². The monoisotopic (exact) mass is 244 g/mol. The SMILES string of the molecule is CC(OC(C)N1CCOCC1)N1CCOCC1. The predicted molar refractivity (Wildman–Crippen MR) is 64.8 cm³/mol. The molecule has 2 saturated heterocycles. The molecule has 0 aliphatic carbocycles. The summed E-state index contributed by atoms with van der Waals surface area (Å²) in [6.45, 7) is 11.4. The van der Waals surface area contributed by atoms with Gasteiger partial charge < -0.3 is 14.2 Å². The van der Waals surface area contributed by atoms with Crippen molar-refractivity contribution in [2.75, 3.05) is 52.6 Å². The van der Waals surface area contributed by atoms with Crippen LogP contribution in [0.5, 0.6) is 0 Å². The second-order valence-corrected chi connectivity index (χ2v) is 4.63. The summed E-state index contributed by atoms with van der Waals surface area (Å²) in [7, 11) is 0. The van der Waals surface area contributed by atoms with Crippen LogP contribution in [0.3, 0.4) is 0 Å². The highest BCUT2D eigenvalue weighted by atomic mass is 16.5. The third-order valence-corrected chi connectivity index (χ3v) is 3.51. The second-order valence-electron chi connectivity index (χ2n) is 4.63. The summed E-state index contributed by atoms with van der Waals surface area (Å²) in [5.74, 6) is 0. The third kappa shape index (κ3) is 3.89. The topological polar surface area (TPSA) is 34.2 Å². The molecule has 2 rings (SSSR count). The van der Waals surface area contributed by atoms with Gasteiger partial charge in [-0.15, -0.1) is 0 Å². The van der Waals surface area contributed by atoms with Gasteiger partial charge in [-0.05, 0) is 13.8 Å². The fraction of sp³-hybridized carbons (Fsp3) is 1.00. The van der Waals surface area contributed by atoms with Crippen molar-refractivity contribution in [3.05, 3.63) is 0 Å². The largest absolute Gasteiger partial charge is 0.379 e. The van der Waals surface area contributed by atoms with Crippen molar-refractivity contribution in [3.63, 3.8) is 0 Å². The molecule has 0 aromatic heterocycles. The van der Waals surface area contributed by atoms with Gasteiger partial charge in [-0.25, -0.2) is 0 Å². The molecule has 2 fully saturated rings. The van der Waals surface area contributed by atoms with Crippen molar-refractivity contribution in [3.8, 4) is 0 Å². The molecule has 17 heavy (non-hydrogen) atoms. The van der Waals surface area contributed by atoms with Gasteiger partial charge in [-0.2, -0.15) is 0 Å². The maximum Gasteiger partial charge on any atom is 0.110 e. The summed E-state index contributed by atoms with van der Waals surface area (Å²) in [5, 5.41) is 0. The minimum absolute atomic E-state index is 0.164. The van der Waals surface area contributed by atoms with Crippen LogP contribution >= 0.6 is 0 Å². The van der Waals surface area contributed by atoms with Crippen molar-refractivity contribution >= 4 is 0 Å². The highest BCUT2D eigenvalue weighted by Gasteiger charge is 2.23. The van der Waals surface area contributed by atoms with Crippen LogP contribution in [0.25, 0.3) is 0 Å². The van der Waals surface area contributed by atoms with Crippen LogP contribution in [0.15, 0.2) is 0 Å². The lowest BCUT2D eigenvalue weighted by atomic mass is 10.4. The Balaban J connectivity index is 1.74. The first-order valence-electron chi connectivity index (χ1n) is 6.56. The normalized spacial score (nSPS) is 27.9. The molecule has 5 heteroatoms. The van der Waals surface area contributed by atoms with Crippen molar-refractivity contribution in [1.82, 2.24) is 9.80 Å². The van der Waals surface area contributed by atoms with Gasteiger partial charge in [-0.1, -0.05) is 0 Å². The Hall–Kier alpha value is -0.200.